The summed E-state index contributed by atoms with van der Waals surface area (Å²) in [5.41, 5.74) is 0.351. The highest BCUT2D eigenvalue weighted by Gasteiger charge is 2.26. The van der Waals surface area contributed by atoms with E-state index in [0.29, 0.717) is 18.0 Å². The van der Waals surface area contributed by atoms with Gasteiger partial charge in [-0.25, -0.2) is 17.1 Å². The number of rotatable bonds is 4. The van der Waals surface area contributed by atoms with Gasteiger partial charge in [-0.05, 0) is 69.6 Å². The third-order valence-electron chi connectivity index (χ3n) is 4.19. The lowest BCUT2D eigenvalue weighted by Crippen LogP contribution is -2.37. The highest BCUT2D eigenvalue weighted by atomic mass is 32.2. The standard InChI is InChI=1S/C15H23FN2O2S/c1-12-10-14(4-5-15(12)16)21(19,20)18(3)11-13-6-8-17(2)9-7-13/h4-5,10,13H,6-9,11H2,1-3H3. The summed E-state index contributed by atoms with van der Waals surface area (Å²) >= 11 is 0. The van der Waals surface area contributed by atoms with E-state index in [2.05, 4.69) is 11.9 Å². The van der Waals surface area contributed by atoms with Gasteiger partial charge in [0.2, 0.25) is 10.0 Å². The van der Waals surface area contributed by atoms with Crippen molar-refractivity contribution in [1.29, 1.82) is 0 Å². The number of piperidine rings is 1. The van der Waals surface area contributed by atoms with Crippen LogP contribution in [0.5, 0.6) is 0 Å². The highest BCUT2D eigenvalue weighted by Crippen LogP contribution is 2.22. The molecule has 0 radical (unpaired) electrons. The number of halogens is 1. The van der Waals surface area contributed by atoms with Crippen molar-refractivity contribution >= 4 is 10.0 Å². The van der Waals surface area contributed by atoms with E-state index in [9.17, 15) is 12.8 Å². The second-order valence-corrected chi connectivity index (χ2v) is 7.99. The minimum atomic E-state index is -3.54. The normalized spacial score (nSPS) is 18.3. The molecule has 118 valence electrons. The molecule has 6 heteroatoms. The maximum Gasteiger partial charge on any atom is 0.242 e. The van der Waals surface area contributed by atoms with E-state index in [1.54, 1.807) is 14.0 Å². The number of nitrogens with zero attached hydrogens (tertiary/aromatic N) is 2. The van der Waals surface area contributed by atoms with Crippen LogP contribution < -0.4 is 0 Å². The number of aryl methyl sites for hydroxylation is 1. The summed E-state index contributed by atoms with van der Waals surface area (Å²) in [4.78, 5) is 2.42. The van der Waals surface area contributed by atoms with Crippen LogP contribution in [0.1, 0.15) is 18.4 Å². The summed E-state index contributed by atoms with van der Waals surface area (Å²) in [6, 6.07) is 3.95. The molecule has 0 spiro atoms. The van der Waals surface area contributed by atoms with Crippen LogP contribution in [0.4, 0.5) is 4.39 Å². The van der Waals surface area contributed by atoms with Crippen LogP contribution in [0.3, 0.4) is 0 Å². The summed E-state index contributed by atoms with van der Waals surface area (Å²) in [5, 5.41) is 0. The Labute approximate surface area is 126 Å². The monoisotopic (exact) mass is 314 g/mol. The summed E-state index contributed by atoms with van der Waals surface area (Å²) < 4.78 is 39.7. The molecule has 0 bridgehead atoms. The number of benzene rings is 1. The van der Waals surface area contributed by atoms with Crippen LogP contribution in [0.25, 0.3) is 0 Å². The van der Waals surface area contributed by atoms with E-state index in [1.807, 2.05) is 0 Å². The molecule has 21 heavy (non-hydrogen) atoms. The van der Waals surface area contributed by atoms with Gasteiger partial charge in [0, 0.05) is 13.6 Å². The Morgan fingerprint density at radius 3 is 2.52 bits per heavy atom. The minimum absolute atomic E-state index is 0.164. The van der Waals surface area contributed by atoms with Gasteiger partial charge in [0.15, 0.2) is 0 Å². The van der Waals surface area contributed by atoms with E-state index >= 15 is 0 Å². The molecule has 4 nitrogen and oxygen atoms in total. The Hall–Kier alpha value is -0.980. The molecule has 0 aromatic heterocycles. The lowest BCUT2D eigenvalue weighted by atomic mass is 9.97. The topological polar surface area (TPSA) is 40.6 Å². The zero-order valence-corrected chi connectivity index (χ0v) is 13.7. The molecule has 2 rings (SSSR count). The lowest BCUT2D eigenvalue weighted by molar-refractivity contribution is 0.202. The van der Waals surface area contributed by atoms with Gasteiger partial charge in [-0.1, -0.05) is 0 Å². The smallest absolute Gasteiger partial charge is 0.242 e. The van der Waals surface area contributed by atoms with Gasteiger partial charge in [-0.15, -0.1) is 0 Å². The van der Waals surface area contributed by atoms with Crippen molar-refractivity contribution in [3.8, 4) is 0 Å². The molecule has 1 aliphatic heterocycles. The molecule has 0 saturated carbocycles. The first kappa shape index (κ1) is 16.4. The molecule has 1 aromatic rings. The van der Waals surface area contributed by atoms with Crippen molar-refractivity contribution in [2.45, 2.75) is 24.7 Å². The van der Waals surface area contributed by atoms with E-state index in [0.717, 1.165) is 25.9 Å². The van der Waals surface area contributed by atoms with Crippen molar-refractivity contribution in [3.63, 3.8) is 0 Å². The Morgan fingerprint density at radius 2 is 1.95 bits per heavy atom. The van der Waals surface area contributed by atoms with E-state index in [-0.39, 0.29) is 10.7 Å². The van der Waals surface area contributed by atoms with Crippen LogP contribution in [-0.4, -0.2) is 51.4 Å². The maximum absolute atomic E-state index is 13.3. The highest BCUT2D eigenvalue weighted by molar-refractivity contribution is 7.89. The lowest BCUT2D eigenvalue weighted by Gasteiger charge is -2.31. The van der Waals surface area contributed by atoms with Gasteiger partial charge in [0.25, 0.3) is 0 Å². The molecule has 0 N–H and O–H groups in total. The number of hydrogen-bond donors (Lipinski definition) is 0. The van der Waals surface area contributed by atoms with E-state index in [4.69, 9.17) is 0 Å². The second kappa shape index (κ2) is 6.42. The van der Waals surface area contributed by atoms with E-state index in [1.165, 1.54) is 22.5 Å². The fourth-order valence-electron chi connectivity index (χ4n) is 2.66. The fraction of sp³-hybridized carbons (Fsp3) is 0.600. The van der Waals surface area contributed by atoms with E-state index < -0.39 is 10.0 Å². The molecule has 1 saturated heterocycles. The molecular formula is C15H23FN2O2S. The quantitative estimate of drug-likeness (QED) is 0.854. The molecule has 0 amide bonds. The first-order chi connectivity index (χ1) is 9.80. The minimum Gasteiger partial charge on any atom is -0.306 e. The number of hydrogen-bond acceptors (Lipinski definition) is 3. The van der Waals surface area contributed by atoms with Gasteiger partial charge in [0.1, 0.15) is 5.82 Å². The summed E-state index contributed by atoms with van der Waals surface area (Å²) in [5.74, 6) is 0.00874. The maximum atomic E-state index is 13.3. The second-order valence-electron chi connectivity index (χ2n) is 5.94. The Morgan fingerprint density at radius 1 is 1.33 bits per heavy atom. The Balaban J connectivity index is 2.09. The number of likely N-dealkylation sites (tertiary alicyclic amines) is 1. The molecule has 1 heterocycles. The predicted octanol–water partition coefficient (Wildman–Crippen LogP) is 2.10. The van der Waals surface area contributed by atoms with Crippen molar-refractivity contribution in [3.05, 3.63) is 29.6 Å². The fourth-order valence-corrected chi connectivity index (χ4v) is 4.00. The molecule has 1 aliphatic rings. The predicted molar refractivity (Wildman–Crippen MR) is 81.2 cm³/mol. The molecule has 0 unspecified atom stereocenters. The summed E-state index contributed by atoms with van der Waals surface area (Å²) in [7, 11) is 0.147. The Kier molecular flexibility index (Phi) is 5.01. The number of sulfonamides is 1. The van der Waals surface area contributed by atoms with Crippen molar-refractivity contribution in [2.24, 2.45) is 5.92 Å². The molecule has 1 fully saturated rings. The summed E-state index contributed by atoms with van der Waals surface area (Å²) in [6.45, 7) is 4.11. The third kappa shape index (κ3) is 3.81. The van der Waals surface area contributed by atoms with Crippen LogP contribution in [0, 0.1) is 18.7 Å². The SMILES string of the molecule is Cc1cc(S(=O)(=O)N(C)CC2CCN(C)CC2)ccc1F. The van der Waals surface area contributed by atoms with Crippen LogP contribution in [0.15, 0.2) is 23.1 Å². The first-order valence-corrected chi connectivity index (χ1v) is 8.65. The van der Waals surface area contributed by atoms with Crippen LogP contribution >= 0.6 is 0 Å². The molecular weight excluding hydrogens is 291 g/mol. The van der Waals surface area contributed by atoms with Gasteiger partial charge in [-0.3, -0.25) is 0 Å². The van der Waals surface area contributed by atoms with Crippen molar-refractivity contribution < 1.29 is 12.8 Å². The van der Waals surface area contributed by atoms with Gasteiger partial charge in [0.05, 0.1) is 4.90 Å². The average Bonchev–Trinajstić information content (AvgIpc) is 2.44. The third-order valence-corrected chi connectivity index (χ3v) is 6.01. The zero-order valence-electron chi connectivity index (χ0n) is 12.8. The van der Waals surface area contributed by atoms with Gasteiger partial charge >= 0.3 is 0 Å². The molecule has 0 atom stereocenters. The van der Waals surface area contributed by atoms with Gasteiger partial charge in [-0.2, -0.15) is 0 Å². The largest absolute Gasteiger partial charge is 0.306 e. The zero-order chi connectivity index (χ0) is 15.6. The Bertz CT molecular complexity index is 596. The van der Waals surface area contributed by atoms with Crippen LogP contribution in [0.2, 0.25) is 0 Å². The van der Waals surface area contributed by atoms with Crippen molar-refractivity contribution in [1.82, 2.24) is 9.21 Å². The van der Waals surface area contributed by atoms with Crippen LogP contribution in [-0.2, 0) is 10.0 Å². The van der Waals surface area contributed by atoms with Gasteiger partial charge < -0.3 is 4.90 Å². The average molecular weight is 314 g/mol. The molecule has 0 aliphatic carbocycles. The summed E-state index contributed by atoms with van der Waals surface area (Å²) in [6.07, 6.45) is 2.03. The molecule has 1 aromatic carbocycles. The van der Waals surface area contributed by atoms with Crippen molar-refractivity contribution in [2.75, 3.05) is 33.7 Å². The first-order valence-electron chi connectivity index (χ1n) is 7.21.